The topological polar surface area (TPSA) is 37.9 Å². The molecule has 1 aliphatic rings. The van der Waals surface area contributed by atoms with Crippen molar-refractivity contribution in [1.82, 2.24) is 9.55 Å². The molecule has 1 aliphatic heterocycles. The number of para-hydroxylation sites is 3. The summed E-state index contributed by atoms with van der Waals surface area (Å²) < 4.78 is 73.3. The molecule has 12 rings (SSSR count). The number of aromatic nitrogens is 2. The molecule has 0 N–H and O–H groups in total. The number of thiophene rings is 1. The van der Waals surface area contributed by atoms with E-state index in [0.717, 1.165) is 70.1 Å². The fourth-order valence-electron chi connectivity index (χ4n) is 10.1. The molecule has 8 aromatic carbocycles. The monoisotopic (exact) mass is 1180 g/mol. The Morgan fingerprint density at radius 1 is 0.707 bits per heavy atom. The summed E-state index contributed by atoms with van der Waals surface area (Å²) in [5.41, 5.74) is 9.73. The number of ether oxygens (including phenoxy) is 1. The summed E-state index contributed by atoms with van der Waals surface area (Å²) in [6.45, 7) is 26.8. The van der Waals surface area contributed by atoms with Crippen molar-refractivity contribution in [2.24, 2.45) is 5.92 Å². The van der Waals surface area contributed by atoms with Gasteiger partial charge in [0.25, 0.3) is 0 Å². The molecule has 0 aliphatic carbocycles. The minimum atomic E-state index is -1.63. The van der Waals surface area contributed by atoms with Gasteiger partial charge < -0.3 is 19.1 Å². The van der Waals surface area contributed by atoms with E-state index >= 15 is 0 Å². The summed E-state index contributed by atoms with van der Waals surface area (Å²) in [5, 5.41) is 3.91. The van der Waals surface area contributed by atoms with Crippen LogP contribution < -0.4 is 14.5 Å². The molecule has 0 amide bonds. The number of nitrogens with zero attached hydrogens (tertiary/aromatic N) is 5. The summed E-state index contributed by atoms with van der Waals surface area (Å²) in [7, 11) is 0. The number of hydrogen-bond acceptors (Lipinski definition) is 5. The second-order valence-electron chi connectivity index (χ2n) is 21.2. The largest absolute Gasteiger partial charge is 0.509 e. The Balaban J connectivity index is 0.00000705. The van der Waals surface area contributed by atoms with Gasteiger partial charge in [0.2, 0.25) is 5.69 Å². The van der Waals surface area contributed by atoms with Crippen LogP contribution in [0.15, 0.2) is 170 Å². The van der Waals surface area contributed by atoms with Crippen molar-refractivity contribution in [2.45, 2.75) is 72.6 Å². The smallest absolute Gasteiger partial charge is 0.204 e. The Morgan fingerprint density at radius 3 is 2.09 bits per heavy atom. The van der Waals surface area contributed by atoms with Crippen molar-refractivity contribution >= 4 is 81.8 Å². The molecule has 75 heavy (non-hydrogen) atoms. The van der Waals surface area contributed by atoms with E-state index in [1.54, 1.807) is 23.6 Å². The van der Waals surface area contributed by atoms with Crippen molar-refractivity contribution in [3.05, 3.63) is 217 Å². The first-order chi connectivity index (χ1) is 38.5. The molecule has 8 heteroatoms. The van der Waals surface area contributed by atoms with E-state index in [1.165, 1.54) is 0 Å². The summed E-state index contributed by atoms with van der Waals surface area (Å²) in [4.78, 5) is 12.8. The molecule has 11 aromatic rings. The maximum Gasteiger partial charge on any atom is 0.204 e. The van der Waals surface area contributed by atoms with Gasteiger partial charge in [-0.3, -0.25) is 0 Å². The van der Waals surface area contributed by atoms with Crippen LogP contribution in [-0.4, -0.2) is 9.55 Å². The van der Waals surface area contributed by atoms with Crippen molar-refractivity contribution in [3.8, 4) is 39.6 Å². The van der Waals surface area contributed by atoms with Gasteiger partial charge in [-0.2, -0.15) is 12.1 Å². The van der Waals surface area contributed by atoms with E-state index in [4.69, 9.17) is 23.1 Å². The van der Waals surface area contributed by atoms with Crippen LogP contribution in [0.5, 0.6) is 11.5 Å². The molecule has 374 valence electrons. The van der Waals surface area contributed by atoms with Crippen LogP contribution in [-0.2, 0) is 38.3 Å². The molecular weight excluding hydrogens is 1120 g/mol. The molecule has 0 atom stereocenters. The van der Waals surface area contributed by atoms with Crippen LogP contribution in [0.2, 0.25) is 0 Å². The van der Waals surface area contributed by atoms with E-state index in [-0.39, 0.29) is 55.5 Å². The molecular formula is C67H56N5OPtS-3. The predicted molar refractivity (Wildman–Crippen MR) is 310 cm³/mol. The predicted octanol–water partition coefficient (Wildman–Crippen LogP) is 19.0. The fraction of sp³-hybridized carbons (Fsp3) is 0.179. The normalized spacial score (nSPS) is 14.3. The zero-order valence-corrected chi connectivity index (χ0v) is 45.9. The first-order valence-corrected chi connectivity index (χ1v) is 25.6. The zero-order chi connectivity index (χ0) is 57.2. The van der Waals surface area contributed by atoms with E-state index in [2.05, 4.69) is 99.8 Å². The zero-order valence-electron chi connectivity index (χ0n) is 49.8. The quantitative estimate of drug-likeness (QED) is 0.135. The summed E-state index contributed by atoms with van der Waals surface area (Å²) >= 11 is 1.59. The SMILES string of the molecule is [2H]c1c([2H])c([2H])c(-c2cccc(-c3cc(C(C)(C)C)cc(C(C)(C)C)c3)c2N2[CH-]N(c3[c-]c(Oc4[c-]c5c(cc4)c4c6sc7c([N+]#[C-])cccc7c6ccc4n5-c4cc(C([2H])([2H])C(C)C)ccn4)ccc3)c3ccccc32)c([2H])c1[2H].[Pt]. The van der Waals surface area contributed by atoms with Gasteiger partial charge in [0.15, 0.2) is 0 Å². The maximum atomic E-state index is 9.26. The molecule has 0 spiro atoms. The molecule has 4 heterocycles. The van der Waals surface area contributed by atoms with Crippen LogP contribution in [0, 0.1) is 31.3 Å². The Morgan fingerprint density at radius 2 is 1.37 bits per heavy atom. The molecule has 6 nitrogen and oxygen atoms in total. The Labute approximate surface area is 468 Å². The fourth-order valence-corrected chi connectivity index (χ4v) is 11.4. The number of anilines is 4. The molecule has 0 saturated heterocycles. The number of rotatable bonds is 9. The van der Waals surface area contributed by atoms with Gasteiger partial charge in [0.05, 0.1) is 13.4 Å². The third-order valence-electron chi connectivity index (χ3n) is 13.7. The standard InChI is InChI=1S/C67H56N5OS.Pt/c1-42(2)34-43-32-33-69-61(35-43)72-59-31-30-54-53-24-17-25-56(68-9)64(53)74-65(54)62(59)55-29-28-50(40-60(55)72)73-49-21-15-20-48(39-49)70-41-71(58-27-14-13-26-57(58)70)63-51(44-18-11-10-12-19-44)22-16-23-52(63)45-36-46(66(3,4)5)38-47(37-45)67(6,7)8;/h10-33,35-38,41-42H,34H2,1-8H3;/q-3;/i10D,11D,12D,18D,19D,34D2;. The van der Waals surface area contributed by atoms with Gasteiger partial charge in [-0.05, 0) is 97.4 Å². The first-order valence-electron chi connectivity index (χ1n) is 28.3. The molecule has 0 saturated carbocycles. The summed E-state index contributed by atoms with van der Waals surface area (Å²) in [6.07, 6.45) is 0.0269. The maximum absolute atomic E-state index is 9.26. The minimum absolute atomic E-state index is 0. The van der Waals surface area contributed by atoms with Crippen molar-refractivity contribution in [3.63, 3.8) is 0 Å². The number of fused-ring (bicyclic) bond motifs is 8. The Hall–Kier alpha value is -7.49. The van der Waals surface area contributed by atoms with Crippen LogP contribution in [0.4, 0.5) is 28.4 Å². The molecule has 0 bridgehead atoms. The number of hydrogen-bond donors (Lipinski definition) is 0. The van der Waals surface area contributed by atoms with Gasteiger partial charge in [-0.1, -0.05) is 164 Å². The van der Waals surface area contributed by atoms with E-state index < -0.39 is 24.5 Å². The average molecular weight is 1180 g/mol. The van der Waals surface area contributed by atoms with Crippen LogP contribution in [0.25, 0.3) is 74.9 Å². The van der Waals surface area contributed by atoms with Crippen LogP contribution >= 0.6 is 11.3 Å². The van der Waals surface area contributed by atoms with Gasteiger partial charge in [0.1, 0.15) is 5.82 Å². The van der Waals surface area contributed by atoms with E-state index in [1.807, 2.05) is 121 Å². The first kappa shape index (κ1) is 41.8. The molecule has 0 unspecified atom stereocenters. The van der Waals surface area contributed by atoms with Crippen molar-refractivity contribution in [1.29, 1.82) is 0 Å². The minimum Gasteiger partial charge on any atom is -0.509 e. The van der Waals surface area contributed by atoms with E-state index in [9.17, 15) is 2.74 Å². The van der Waals surface area contributed by atoms with Crippen molar-refractivity contribution in [2.75, 3.05) is 9.80 Å². The Bertz CT molecular complexity index is 4390. The molecule has 0 fully saturated rings. The van der Waals surface area contributed by atoms with E-state index in [0.29, 0.717) is 51.0 Å². The molecule has 0 radical (unpaired) electrons. The van der Waals surface area contributed by atoms with Gasteiger partial charge >= 0.3 is 0 Å². The average Bonchev–Trinajstić information content (AvgIpc) is 2.14. The molecule has 3 aromatic heterocycles. The second kappa shape index (κ2) is 19.3. The van der Waals surface area contributed by atoms with Gasteiger partial charge in [-0.25, -0.2) is 9.83 Å². The van der Waals surface area contributed by atoms with Crippen LogP contribution in [0.1, 0.15) is 81.7 Å². The third kappa shape index (κ3) is 8.98. The number of benzene rings is 8. The number of pyridine rings is 1. The summed E-state index contributed by atoms with van der Waals surface area (Å²) in [6, 6.07) is 48.8. The van der Waals surface area contributed by atoms with Gasteiger partial charge in [0, 0.05) is 84.6 Å². The Kier molecular flexibility index (Phi) is 10.8. The van der Waals surface area contributed by atoms with Crippen molar-refractivity contribution < 1.29 is 35.4 Å². The van der Waals surface area contributed by atoms with Crippen LogP contribution in [0.3, 0.4) is 0 Å². The summed E-state index contributed by atoms with van der Waals surface area (Å²) in [5.74, 6) is 1.06. The second-order valence-corrected chi connectivity index (χ2v) is 22.2. The third-order valence-corrected chi connectivity index (χ3v) is 15.0. The van der Waals surface area contributed by atoms with Gasteiger partial charge in [-0.15, -0.1) is 59.4 Å².